The van der Waals surface area contributed by atoms with Crippen molar-refractivity contribution in [3.8, 4) is 0 Å². The lowest BCUT2D eigenvalue weighted by Crippen LogP contribution is -2.50. The molecule has 0 aromatic heterocycles. The van der Waals surface area contributed by atoms with Crippen LogP contribution in [-0.4, -0.2) is 29.3 Å². The Kier molecular flexibility index (Phi) is 6.64. The molecule has 2 fully saturated rings. The summed E-state index contributed by atoms with van der Waals surface area (Å²) in [5, 5.41) is 7.69. The minimum Gasteiger partial charge on any atom is -0.378 e. The summed E-state index contributed by atoms with van der Waals surface area (Å²) >= 11 is 6.65. The zero-order chi connectivity index (χ0) is 25.4. The first kappa shape index (κ1) is 24.1. The summed E-state index contributed by atoms with van der Waals surface area (Å²) in [5.74, 6) is 0.0800. The van der Waals surface area contributed by atoms with Crippen molar-refractivity contribution in [3.05, 3.63) is 101 Å². The summed E-state index contributed by atoms with van der Waals surface area (Å²) < 4.78 is 0. The number of hydrogen-bond donors (Lipinski definition) is 2. The average Bonchev–Trinajstić information content (AvgIpc) is 3.39. The molecule has 3 aromatic carbocycles. The van der Waals surface area contributed by atoms with E-state index in [0.717, 1.165) is 48.4 Å². The van der Waals surface area contributed by atoms with Crippen molar-refractivity contribution in [1.29, 1.82) is 0 Å². The van der Waals surface area contributed by atoms with Gasteiger partial charge in [-0.05, 0) is 54.7 Å². The Morgan fingerprint density at radius 2 is 1.54 bits per heavy atom. The van der Waals surface area contributed by atoms with Gasteiger partial charge in [0.1, 0.15) is 0 Å². The summed E-state index contributed by atoms with van der Waals surface area (Å²) in [6.07, 6.45) is 4.58. The van der Waals surface area contributed by atoms with Crippen molar-refractivity contribution in [2.24, 2.45) is 11.8 Å². The van der Waals surface area contributed by atoms with Crippen LogP contribution in [0.25, 0.3) is 0 Å². The third-order valence-corrected chi connectivity index (χ3v) is 8.77. The lowest BCUT2D eigenvalue weighted by molar-refractivity contribution is -0.138. The van der Waals surface area contributed by atoms with Gasteiger partial charge in [-0.1, -0.05) is 79.0 Å². The molecule has 5 atom stereocenters. The van der Waals surface area contributed by atoms with E-state index in [1.54, 1.807) is 0 Å². The van der Waals surface area contributed by atoms with Gasteiger partial charge in [0.15, 0.2) is 0 Å². The Morgan fingerprint density at radius 1 is 0.838 bits per heavy atom. The first-order chi connectivity index (χ1) is 18.1. The van der Waals surface area contributed by atoms with Crippen molar-refractivity contribution < 1.29 is 9.59 Å². The highest BCUT2D eigenvalue weighted by atomic mass is 35.5. The molecule has 190 valence electrons. The number of fused-ring (bicyclic) bond motifs is 3. The van der Waals surface area contributed by atoms with Crippen LogP contribution < -0.4 is 10.6 Å². The second-order valence-corrected chi connectivity index (χ2v) is 10.9. The van der Waals surface area contributed by atoms with Gasteiger partial charge in [-0.15, -0.1) is 0 Å². The van der Waals surface area contributed by atoms with E-state index >= 15 is 0 Å². The van der Waals surface area contributed by atoms with Gasteiger partial charge in [-0.3, -0.25) is 9.59 Å². The number of likely N-dealkylation sites (tertiary alicyclic amines) is 1. The van der Waals surface area contributed by atoms with Crippen LogP contribution in [0.2, 0.25) is 5.02 Å². The quantitative estimate of drug-likeness (QED) is 0.425. The van der Waals surface area contributed by atoms with Crippen LogP contribution in [0.5, 0.6) is 0 Å². The van der Waals surface area contributed by atoms with Crippen LogP contribution >= 0.6 is 11.6 Å². The highest BCUT2D eigenvalue weighted by Gasteiger charge is 2.48. The minimum atomic E-state index is -0.207. The fourth-order valence-corrected chi connectivity index (χ4v) is 6.91. The van der Waals surface area contributed by atoms with E-state index in [0.29, 0.717) is 12.1 Å². The highest BCUT2D eigenvalue weighted by Crippen LogP contribution is 2.52. The van der Waals surface area contributed by atoms with Crippen molar-refractivity contribution in [2.75, 3.05) is 11.9 Å². The Bertz CT molecular complexity index is 1300. The second kappa shape index (κ2) is 10.2. The molecule has 2 heterocycles. The molecule has 1 saturated carbocycles. The van der Waals surface area contributed by atoms with Gasteiger partial charge in [0.25, 0.3) is 5.91 Å². The van der Waals surface area contributed by atoms with Gasteiger partial charge in [0.05, 0.1) is 18.0 Å². The number of nitrogens with zero attached hydrogens (tertiary/aromatic N) is 1. The number of carbonyl (C=O) groups excluding carboxylic acids is 2. The molecule has 3 aliphatic rings. The number of nitrogens with one attached hydrogen (secondary N) is 2. The lowest BCUT2D eigenvalue weighted by atomic mass is 9.79. The standard InChI is InChI=1S/C31H32ClN3O2/c32-25-15-7-4-12-21(25)28-24-18-19-35(29(24)22-13-5-8-16-26(22)33-28)31(37)23-14-6-9-17-27(23)34-30(36)20-10-2-1-3-11-20/h1-5,7-8,10-13,15-16,23-24,27-29,33H,6,9,14,17-19H2,(H,34,36)/t23-,24-,27?,28+,29+/m0/s1. The Labute approximate surface area is 223 Å². The summed E-state index contributed by atoms with van der Waals surface area (Å²) in [6.45, 7) is 0.709. The summed E-state index contributed by atoms with van der Waals surface area (Å²) in [7, 11) is 0. The SMILES string of the molecule is O=C(NC1CCCC[C@@H]1C(=O)N1CC[C@H]2[C@@H](c3ccccc3Cl)Nc3ccccc3[C@H]21)c1ccccc1. The van der Waals surface area contributed by atoms with E-state index in [1.165, 1.54) is 5.56 Å². The number of hydrogen-bond acceptors (Lipinski definition) is 3. The number of carbonyl (C=O) groups is 2. The van der Waals surface area contributed by atoms with E-state index in [-0.39, 0.29) is 41.8 Å². The van der Waals surface area contributed by atoms with Crippen LogP contribution in [0.3, 0.4) is 0 Å². The van der Waals surface area contributed by atoms with Crippen molar-refractivity contribution in [1.82, 2.24) is 10.2 Å². The number of anilines is 1. The molecule has 0 spiro atoms. The average molecular weight is 514 g/mol. The van der Waals surface area contributed by atoms with Crippen molar-refractivity contribution in [2.45, 2.75) is 50.2 Å². The molecule has 6 heteroatoms. The first-order valence-electron chi connectivity index (χ1n) is 13.4. The smallest absolute Gasteiger partial charge is 0.251 e. The number of rotatable bonds is 4. The molecule has 2 aliphatic heterocycles. The monoisotopic (exact) mass is 513 g/mol. The third kappa shape index (κ3) is 4.50. The second-order valence-electron chi connectivity index (χ2n) is 10.5. The number of halogens is 1. The lowest BCUT2D eigenvalue weighted by Gasteiger charge is -2.42. The van der Waals surface area contributed by atoms with Gasteiger partial charge in [0.2, 0.25) is 5.91 Å². The maximum absolute atomic E-state index is 14.2. The predicted octanol–water partition coefficient (Wildman–Crippen LogP) is 6.39. The Hall–Kier alpha value is -3.31. The first-order valence-corrected chi connectivity index (χ1v) is 13.8. The van der Waals surface area contributed by atoms with Crippen LogP contribution in [0.1, 0.15) is 65.7 Å². The van der Waals surface area contributed by atoms with Crippen LogP contribution in [0.4, 0.5) is 5.69 Å². The van der Waals surface area contributed by atoms with Gasteiger partial charge in [-0.2, -0.15) is 0 Å². The highest BCUT2D eigenvalue weighted by molar-refractivity contribution is 6.31. The zero-order valence-corrected chi connectivity index (χ0v) is 21.5. The molecule has 37 heavy (non-hydrogen) atoms. The third-order valence-electron chi connectivity index (χ3n) is 8.42. The Balaban J connectivity index is 1.29. The van der Waals surface area contributed by atoms with E-state index < -0.39 is 0 Å². The molecule has 0 bridgehead atoms. The Morgan fingerprint density at radius 3 is 2.35 bits per heavy atom. The zero-order valence-electron chi connectivity index (χ0n) is 20.8. The minimum absolute atomic E-state index is 0.0152. The molecule has 1 unspecified atom stereocenters. The maximum atomic E-state index is 14.2. The van der Waals surface area contributed by atoms with Crippen LogP contribution in [0, 0.1) is 11.8 Å². The van der Waals surface area contributed by atoms with E-state index in [4.69, 9.17) is 11.6 Å². The van der Waals surface area contributed by atoms with Crippen LogP contribution in [-0.2, 0) is 4.79 Å². The van der Waals surface area contributed by atoms with Crippen molar-refractivity contribution >= 4 is 29.1 Å². The number of para-hydroxylation sites is 1. The van der Waals surface area contributed by atoms with Crippen molar-refractivity contribution in [3.63, 3.8) is 0 Å². The van der Waals surface area contributed by atoms with E-state index in [1.807, 2.05) is 54.6 Å². The topological polar surface area (TPSA) is 61.4 Å². The number of benzene rings is 3. The van der Waals surface area contributed by atoms with E-state index in [9.17, 15) is 9.59 Å². The molecule has 6 rings (SSSR count). The fraction of sp³-hybridized carbons (Fsp3) is 0.355. The summed E-state index contributed by atoms with van der Waals surface area (Å²) in [5.41, 5.74) is 3.94. The normalized spacial score (nSPS) is 26.5. The number of amides is 2. The molecular formula is C31H32ClN3O2. The molecular weight excluding hydrogens is 482 g/mol. The maximum Gasteiger partial charge on any atom is 0.251 e. The molecule has 0 radical (unpaired) electrons. The van der Waals surface area contributed by atoms with Crippen LogP contribution in [0.15, 0.2) is 78.9 Å². The fourth-order valence-electron chi connectivity index (χ4n) is 6.66. The van der Waals surface area contributed by atoms with Gasteiger partial charge in [0, 0.05) is 34.8 Å². The molecule has 2 N–H and O–H groups in total. The van der Waals surface area contributed by atoms with Gasteiger partial charge in [-0.25, -0.2) is 0 Å². The molecule has 2 amide bonds. The summed E-state index contributed by atoms with van der Waals surface area (Å²) in [4.78, 5) is 29.3. The molecule has 1 saturated heterocycles. The van der Waals surface area contributed by atoms with Gasteiger partial charge >= 0.3 is 0 Å². The summed E-state index contributed by atoms with van der Waals surface area (Å²) in [6, 6.07) is 25.5. The molecule has 3 aromatic rings. The predicted molar refractivity (Wildman–Crippen MR) is 146 cm³/mol. The molecule has 5 nitrogen and oxygen atoms in total. The molecule has 1 aliphatic carbocycles. The van der Waals surface area contributed by atoms with E-state index in [2.05, 4.69) is 39.8 Å². The van der Waals surface area contributed by atoms with Gasteiger partial charge < -0.3 is 15.5 Å². The largest absolute Gasteiger partial charge is 0.378 e.